The molecular formula is C10H12N2O2S. The van der Waals surface area contributed by atoms with Gasteiger partial charge in [-0.25, -0.2) is 8.42 Å². The van der Waals surface area contributed by atoms with Gasteiger partial charge in [-0.2, -0.15) is 5.26 Å². The molecular weight excluding hydrogens is 212 g/mol. The molecule has 4 nitrogen and oxygen atoms in total. The van der Waals surface area contributed by atoms with Crippen LogP contribution in [0, 0.1) is 18.3 Å². The summed E-state index contributed by atoms with van der Waals surface area (Å²) in [4.78, 5) is 0. The van der Waals surface area contributed by atoms with Gasteiger partial charge in [-0.1, -0.05) is 6.07 Å². The third kappa shape index (κ3) is 2.48. The number of rotatable bonds is 2. The summed E-state index contributed by atoms with van der Waals surface area (Å²) in [6, 6.07) is 7.04. The number of nitriles is 1. The second-order valence-electron chi connectivity index (χ2n) is 3.36. The summed E-state index contributed by atoms with van der Waals surface area (Å²) in [5, 5.41) is 8.85. The Morgan fingerprint density at radius 1 is 1.40 bits per heavy atom. The first-order valence-corrected chi connectivity index (χ1v) is 6.15. The van der Waals surface area contributed by atoms with E-state index in [-0.39, 0.29) is 0 Å². The number of hydrogen-bond acceptors (Lipinski definition) is 3. The average Bonchev–Trinajstić information content (AvgIpc) is 2.15. The molecule has 0 heterocycles. The van der Waals surface area contributed by atoms with Crippen molar-refractivity contribution < 1.29 is 8.42 Å². The van der Waals surface area contributed by atoms with E-state index in [9.17, 15) is 8.42 Å². The van der Waals surface area contributed by atoms with Crippen molar-refractivity contribution in [3.63, 3.8) is 0 Å². The van der Waals surface area contributed by atoms with Crippen LogP contribution in [0.2, 0.25) is 0 Å². The van der Waals surface area contributed by atoms with Gasteiger partial charge in [0.15, 0.2) is 0 Å². The van der Waals surface area contributed by atoms with E-state index in [0.29, 0.717) is 11.3 Å². The average molecular weight is 224 g/mol. The molecule has 1 aromatic rings. The molecule has 0 aliphatic rings. The van der Waals surface area contributed by atoms with E-state index in [1.54, 1.807) is 18.2 Å². The molecule has 0 amide bonds. The van der Waals surface area contributed by atoms with Gasteiger partial charge in [0.25, 0.3) is 0 Å². The minimum atomic E-state index is -3.32. The Morgan fingerprint density at radius 3 is 2.47 bits per heavy atom. The first kappa shape index (κ1) is 11.5. The van der Waals surface area contributed by atoms with Gasteiger partial charge in [-0.05, 0) is 24.6 Å². The standard InChI is InChI=1S/C10H12N2O2S/c1-8-4-5-9(7-11)10(6-8)12(2)15(3,13)14/h4-6H,1-3H3. The van der Waals surface area contributed by atoms with Crippen LogP contribution in [-0.4, -0.2) is 21.7 Å². The molecule has 0 bridgehead atoms. The third-order valence-electron chi connectivity index (χ3n) is 2.11. The van der Waals surface area contributed by atoms with Crippen molar-refractivity contribution in [2.24, 2.45) is 0 Å². The fourth-order valence-corrected chi connectivity index (χ4v) is 1.68. The Labute approximate surface area is 89.8 Å². The maximum atomic E-state index is 11.3. The van der Waals surface area contributed by atoms with Gasteiger partial charge in [0.1, 0.15) is 6.07 Å². The fraction of sp³-hybridized carbons (Fsp3) is 0.300. The highest BCUT2D eigenvalue weighted by molar-refractivity contribution is 7.92. The number of nitrogens with zero attached hydrogens (tertiary/aromatic N) is 2. The maximum Gasteiger partial charge on any atom is 0.232 e. The van der Waals surface area contributed by atoms with Crippen molar-refractivity contribution in [2.75, 3.05) is 17.6 Å². The smallest absolute Gasteiger partial charge is 0.232 e. The minimum absolute atomic E-state index is 0.355. The highest BCUT2D eigenvalue weighted by Crippen LogP contribution is 2.22. The highest BCUT2D eigenvalue weighted by atomic mass is 32.2. The number of hydrogen-bond donors (Lipinski definition) is 0. The molecule has 0 saturated carbocycles. The van der Waals surface area contributed by atoms with E-state index in [0.717, 1.165) is 16.1 Å². The van der Waals surface area contributed by atoms with E-state index in [1.165, 1.54) is 7.05 Å². The molecule has 0 N–H and O–H groups in total. The van der Waals surface area contributed by atoms with E-state index in [1.807, 2.05) is 13.0 Å². The van der Waals surface area contributed by atoms with E-state index >= 15 is 0 Å². The zero-order valence-corrected chi connectivity index (χ0v) is 9.67. The molecule has 0 aliphatic heterocycles. The number of benzene rings is 1. The molecule has 0 atom stereocenters. The normalized spacial score (nSPS) is 10.8. The van der Waals surface area contributed by atoms with Crippen LogP contribution in [-0.2, 0) is 10.0 Å². The molecule has 5 heteroatoms. The number of anilines is 1. The highest BCUT2D eigenvalue weighted by Gasteiger charge is 2.15. The van der Waals surface area contributed by atoms with Crippen LogP contribution in [0.3, 0.4) is 0 Å². The number of aryl methyl sites for hydroxylation is 1. The first-order chi connectivity index (χ1) is 6.86. The molecule has 0 aromatic heterocycles. The van der Waals surface area contributed by atoms with Crippen LogP contribution in [0.1, 0.15) is 11.1 Å². The van der Waals surface area contributed by atoms with Crippen LogP contribution in [0.15, 0.2) is 18.2 Å². The Morgan fingerprint density at radius 2 is 2.00 bits per heavy atom. The summed E-state index contributed by atoms with van der Waals surface area (Å²) in [6.45, 7) is 1.85. The first-order valence-electron chi connectivity index (χ1n) is 4.31. The van der Waals surface area contributed by atoms with Gasteiger partial charge in [0.2, 0.25) is 10.0 Å². The largest absolute Gasteiger partial charge is 0.272 e. The lowest BCUT2D eigenvalue weighted by molar-refractivity contribution is 0.600. The van der Waals surface area contributed by atoms with Crippen LogP contribution in [0.4, 0.5) is 5.69 Å². The zero-order valence-electron chi connectivity index (χ0n) is 8.85. The summed E-state index contributed by atoms with van der Waals surface area (Å²) < 4.78 is 23.8. The summed E-state index contributed by atoms with van der Waals surface area (Å²) >= 11 is 0. The number of sulfonamides is 1. The van der Waals surface area contributed by atoms with Gasteiger partial charge >= 0.3 is 0 Å². The van der Waals surface area contributed by atoms with Crippen LogP contribution >= 0.6 is 0 Å². The zero-order chi connectivity index (χ0) is 11.6. The SMILES string of the molecule is Cc1ccc(C#N)c(N(C)S(C)(=O)=O)c1. The van der Waals surface area contributed by atoms with Crippen molar-refractivity contribution in [3.8, 4) is 6.07 Å². The van der Waals surface area contributed by atoms with E-state index < -0.39 is 10.0 Å². The van der Waals surface area contributed by atoms with E-state index in [2.05, 4.69) is 0 Å². The van der Waals surface area contributed by atoms with E-state index in [4.69, 9.17) is 5.26 Å². The molecule has 0 unspecified atom stereocenters. The summed E-state index contributed by atoms with van der Waals surface area (Å²) in [5.41, 5.74) is 1.69. The van der Waals surface area contributed by atoms with Gasteiger partial charge in [0.05, 0.1) is 17.5 Å². The molecule has 0 radical (unpaired) electrons. The Balaban J connectivity index is 3.37. The molecule has 1 aromatic carbocycles. The quantitative estimate of drug-likeness (QED) is 0.759. The van der Waals surface area contributed by atoms with Crippen molar-refractivity contribution >= 4 is 15.7 Å². The monoisotopic (exact) mass is 224 g/mol. The van der Waals surface area contributed by atoms with Gasteiger partial charge in [0, 0.05) is 7.05 Å². The molecule has 0 aliphatic carbocycles. The lowest BCUT2D eigenvalue weighted by Crippen LogP contribution is -2.25. The molecule has 15 heavy (non-hydrogen) atoms. The van der Waals surface area contributed by atoms with Gasteiger partial charge in [-0.3, -0.25) is 4.31 Å². The van der Waals surface area contributed by atoms with Crippen molar-refractivity contribution in [1.29, 1.82) is 5.26 Å². The van der Waals surface area contributed by atoms with Gasteiger partial charge < -0.3 is 0 Å². The Kier molecular flexibility index (Phi) is 3.01. The van der Waals surface area contributed by atoms with Crippen LogP contribution < -0.4 is 4.31 Å². The lowest BCUT2D eigenvalue weighted by atomic mass is 10.1. The topological polar surface area (TPSA) is 61.2 Å². The van der Waals surface area contributed by atoms with Crippen molar-refractivity contribution in [3.05, 3.63) is 29.3 Å². The predicted molar refractivity (Wildman–Crippen MR) is 59.1 cm³/mol. The Hall–Kier alpha value is -1.54. The molecule has 1 rings (SSSR count). The Bertz CT molecular complexity index is 515. The van der Waals surface area contributed by atoms with Crippen molar-refractivity contribution in [2.45, 2.75) is 6.92 Å². The minimum Gasteiger partial charge on any atom is -0.272 e. The second kappa shape index (κ2) is 3.91. The van der Waals surface area contributed by atoms with Crippen LogP contribution in [0.25, 0.3) is 0 Å². The summed E-state index contributed by atoms with van der Waals surface area (Å²) in [6.07, 6.45) is 1.11. The van der Waals surface area contributed by atoms with Crippen molar-refractivity contribution in [1.82, 2.24) is 0 Å². The van der Waals surface area contributed by atoms with Gasteiger partial charge in [-0.15, -0.1) is 0 Å². The third-order valence-corrected chi connectivity index (χ3v) is 3.30. The summed E-state index contributed by atoms with van der Waals surface area (Å²) in [5.74, 6) is 0. The molecule has 0 saturated heterocycles. The lowest BCUT2D eigenvalue weighted by Gasteiger charge is -2.18. The van der Waals surface area contributed by atoms with Crippen LogP contribution in [0.5, 0.6) is 0 Å². The second-order valence-corrected chi connectivity index (χ2v) is 5.38. The molecule has 80 valence electrons. The maximum absolute atomic E-state index is 11.3. The predicted octanol–water partition coefficient (Wildman–Crippen LogP) is 1.26. The molecule has 0 spiro atoms. The molecule has 0 fully saturated rings. The fourth-order valence-electron chi connectivity index (χ4n) is 1.18. The summed E-state index contributed by atoms with van der Waals surface area (Å²) in [7, 11) is -1.89.